The third-order valence-corrected chi connectivity index (χ3v) is 7.00. The number of aromatic nitrogens is 6. The Morgan fingerprint density at radius 1 is 1.09 bits per heavy atom. The van der Waals surface area contributed by atoms with Gasteiger partial charge in [0.1, 0.15) is 6.61 Å². The molecular weight excluding hydrogens is 472 g/mol. The highest BCUT2D eigenvalue weighted by Crippen LogP contribution is 2.23. The molecular formula is C23H20N6O3S2. The molecule has 172 valence electrons. The normalized spacial score (nSPS) is 11.4. The van der Waals surface area contributed by atoms with Crippen LogP contribution >= 0.6 is 23.1 Å². The number of rotatable bonds is 6. The van der Waals surface area contributed by atoms with E-state index in [1.165, 1.54) is 33.6 Å². The maximum Gasteiger partial charge on any atom is 0.338 e. The molecule has 0 amide bonds. The van der Waals surface area contributed by atoms with Gasteiger partial charge in [-0.2, -0.15) is 4.98 Å². The van der Waals surface area contributed by atoms with Crippen molar-refractivity contribution in [2.45, 2.75) is 38.3 Å². The quantitative estimate of drug-likeness (QED) is 0.261. The average molecular weight is 493 g/mol. The molecule has 5 aromatic rings. The number of carbonyl (C=O) groups excluding carboxylic acids is 1. The molecule has 0 saturated carbocycles. The van der Waals surface area contributed by atoms with Gasteiger partial charge in [-0.15, -0.1) is 16.4 Å². The second-order valence-corrected chi connectivity index (χ2v) is 9.53. The Balaban J connectivity index is 1.30. The molecule has 4 heterocycles. The summed E-state index contributed by atoms with van der Waals surface area (Å²) in [5, 5.41) is 6.95. The first kappa shape index (κ1) is 22.2. The molecule has 0 aliphatic carbocycles. The molecule has 0 N–H and O–H groups in total. The molecule has 0 unspecified atom stereocenters. The zero-order chi connectivity index (χ0) is 23.8. The van der Waals surface area contributed by atoms with Crippen LogP contribution in [0, 0.1) is 20.8 Å². The molecule has 11 heteroatoms. The van der Waals surface area contributed by atoms with Crippen LogP contribution in [0.3, 0.4) is 0 Å². The molecule has 0 radical (unpaired) electrons. The van der Waals surface area contributed by atoms with E-state index in [1.54, 1.807) is 16.6 Å². The molecule has 0 atom stereocenters. The van der Waals surface area contributed by atoms with Crippen molar-refractivity contribution < 1.29 is 9.53 Å². The van der Waals surface area contributed by atoms with Crippen LogP contribution in [0.15, 0.2) is 51.7 Å². The van der Waals surface area contributed by atoms with E-state index in [0.717, 1.165) is 22.6 Å². The van der Waals surface area contributed by atoms with Crippen LogP contribution < -0.4 is 5.56 Å². The number of hydrogen-bond acceptors (Lipinski definition) is 9. The van der Waals surface area contributed by atoms with Gasteiger partial charge in [0.05, 0.1) is 11.3 Å². The fourth-order valence-electron chi connectivity index (χ4n) is 3.59. The molecule has 0 aliphatic rings. The molecule has 34 heavy (non-hydrogen) atoms. The van der Waals surface area contributed by atoms with Crippen molar-refractivity contribution in [3.05, 3.63) is 86.0 Å². The number of carbonyl (C=O) groups is 1. The van der Waals surface area contributed by atoms with Gasteiger partial charge in [0.25, 0.3) is 11.3 Å². The summed E-state index contributed by atoms with van der Waals surface area (Å²) < 4.78 is 8.74. The SMILES string of the molecule is Cc1cc(C)n2nc(SCc3ccccc3C(=O)OCc3cc(=O)n4c(C)csc4n3)nc2n1. The fourth-order valence-corrected chi connectivity index (χ4v) is 5.30. The summed E-state index contributed by atoms with van der Waals surface area (Å²) in [5.74, 6) is 0.561. The fraction of sp³-hybridized carbons (Fsp3) is 0.217. The van der Waals surface area contributed by atoms with Crippen LogP contribution in [0.25, 0.3) is 10.7 Å². The number of aryl methyl sites for hydroxylation is 3. The van der Waals surface area contributed by atoms with Crippen LogP contribution in [0.2, 0.25) is 0 Å². The first-order chi connectivity index (χ1) is 16.4. The van der Waals surface area contributed by atoms with Crippen LogP contribution in [-0.2, 0) is 17.1 Å². The van der Waals surface area contributed by atoms with Crippen molar-refractivity contribution in [2.24, 2.45) is 0 Å². The number of thioether (sulfide) groups is 1. The van der Waals surface area contributed by atoms with E-state index < -0.39 is 5.97 Å². The topological polar surface area (TPSA) is 104 Å². The summed E-state index contributed by atoms with van der Waals surface area (Å²) in [6.07, 6.45) is 0. The molecule has 1 aromatic carbocycles. The van der Waals surface area contributed by atoms with Crippen LogP contribution in [-0.4, -0.2) is 34.9 Å². The molecule has 5 rings (SSSR count). The number of thiazole rings is 1. The molecule has 0 bridgehead atoms. The first-order valence-electron chi connectivity index (χ1n) is 10.4. The second kappa shape index (κ2) is 8.99. The van der Waals surface area contributed by atoms with E-state index >= 15 is 0 Å². The Morgan fingerprint density at radius 2 is 1.91 bits per heavy atom. The lowest BCUT2D eigenvalue weighted by molar-refractivity contribution is 0.0467. The second-order valence-electron chi connectivity index (χ2n) is 7.75. The van der Waals surface area contributed by atoms with E-state index in [4.69, 9.17) is 4.74 Å². The van der Waals surface area contributed by atoms with Crippen molar-refractivity contribution in [1.82, 2.24) is 29.0 Å². The summed E-state index contributed by atoms with van der Waals surface area (Å²) in [6, 6.07) is 10.6. The molecule has 9 nitrogen and oxygen atoms in total. The Morgan fingerprint density at radius 3 is 2.76 bits per heavy atom. The number of ether oxygens (including phenoxy) is 1. The minimum absolute atomic E-state index is 0.0821. The number of fused-ring (bicyclic) bond motifs is 2. The van der Waals surface area contributed by atoms with Crippen molar-refractivity contribution in [3.8, 4) is 0 Å². The van der Waals surface area contributed by atoms with Gasteiger partial charge in [-0.1, -0.05) is 30.0 Å². The van der Waals surface area contributed by atoms with Crippen molar-refractivity contribution in [2.75, 3.05) is 0 Å². The molecule has 4 aromatic heterocycles. The Hall–Kier alpha value is -3.57. The summed E-state index contributed by atoms with van der Waals surface area (Å²) in [7, 11) is 0. The number of hydrogen-bond donors (Lipinski definition) is 0. The predicted molar refractivity (Wildman–Crippen MR) is 129 cm³/mol. The lowest BCUT2D eigenvalue weighted by Crippen LogP contribution is -2.16. The zero-order valence-electron chi connectivity index (χ0n) is 18.7. The number of nitrogens with zero attached hydrogens (tertiary/aromatic N) is 6. The maximum absolute atomic E-state index is 12.8. The standard InChI is InChI=1S/C23H20N6O3S2/c1-13-8-14(2)29-21(24-13)26-22(27-29)33-12-16-6-4-5-7-18(16)20(31)32-10-17-9-19(30)28-15(3)11-34-23(28)25-17/h4-9,11H,10,12H2,1-3H3. The van der Waals surface area contributed by atoms with E-state index in [2.05, 4.69) is 20.1 Å². The van der Waals surface area contributed by atoms with Gasteiger partial charge in [-0.05, 0) is 38.5 Å². The highest BCUT2D eigenvalue weighted by atomic mass is 32.2. The molecule has 0 saturated heterocycles. The van der Waals surface area contributed by atoms with Gasteiger partial charge >= 0.3 is 5.97 Å². The minimum Gasteiger partial charge on any atom is -0.456 e. The van der Waals surface area contributed by atoms with Crippen LogP contribution in [0.4, 0.5) is 0 Å². The summed E-state index contributed by atoms with van der Waals surface area (Å²) >= 11 is 2.79. The molecule has 0 fully saturated rings. The van der Waals surface area contributed by atoms with Gasteiger partial charge in [0.15, 0.2) is 4.96 Å². The highest BCUT2D eigenvalue weighted by molar-refractivity contribution is 7.98. The molecule has 0 aliphatic heterocycles. The monoisotopic (exact) mass is 492 g/mol. The van der Waals surface area contributed by atoms with E-state index in [-0.39, 0.29) is 12.2 Å². The minimum atomic E-state index is -0.475. The lowest BCUT2D eigenvalue weighted by Gasteiger charge is -2.09. The average Bonchev–Trinajstić information content (AvgIpc) is 3.40. The van der Waals surface area contributed by atoms with Crippen molar-refractivity contribution in [1.29, 1.82) is 0 Å². The van der Waals surface area contributed by atoms with Crippen LogP contribution in [0.5, 0.6) is 0 Å². The van der Waals surface area contributed by atoms with Gasteiger partial charge in [0.2, 0.25) is 5.16 Å². The van der Waals surface area contributed by atoms with Gasteiger partial charge in [-0.25, -0.2) is 19.3 Å². The largest absolute Gasteiger partial charge is 0.456 e. The first-order valence-corrected chi connectivity index (χ1v) is 12.3. The maximum atomic E-state index is 12.8. The summed E-state index contributed by atoms with van der Waals surface area (Å²) in [6.45, 7) is 5.64. The van der Waals surface area contributed by atoms with E-state index in [1.807, 2.05) is 44.4 Å². The molecule has 0 spiro atoms. The van der Waals surface area contributed by atoms with Crippen molar-refractivity contribution in [3.63, 3.8) is 0 Å². The highest BCUT2D eigenvalue weighted by Gasteiger charge is 2.16. The zero-order valence-corrected chi connectivity index (χ0v) is 20.3. The smallest absolute Gasteiger partial charge is 0.338 e. The van der Waals surface area contributed by atoms with Crippen LogP contribution in [0.1, 0.15) is 38.7 Å². The van der Waals surface area contributed by atoms with E-state index in [9.17, 15) is 9.59 Å². The Bertz CT molecular complexity index is 1600. The summed E-state index contributed by atoms with van der Waals surface area (Å²) in [4.78, 5) is 39.1. The number of esters is 1. The van der Waals surface area contributed by atoms with E-state index in [0.29, 0.717) is 32.9 Å². The summed E-state index contributed by atoms with van der Waals surface area (Å²) in [5.41, 5.74) is 4.14. The lowest BCUT2D eigenvalue weighted by atomic mass is 10.1. The Kier molecular flexibility index (Phi) is 5.88. The third-order valence-electron chi connectivity index (χ3n) is 5.17. The Labute approximate surface area is 202 Å². The van der Waals surface area contributed by atoms with Crippen molar-refractivity contribution >= 4 is 39.8 Å². The van der Waals surface area contributed by atoms with Gasteiger partial charge < -0.3 is 4.74 Å². The van der Waals surface area contributed by atoms with Gasteiger partial charge in [-0.3, -0.25) is 9.20 Å². The number of benzene rings is 1. The predicted octanol–water partition coefficient (Wildman–Crippen LogP) is 3.77. The third kappa shape index (κ3) is 4.31. The van der Waals surface area contributed by atoms with Gasteiger partial charge in [0, 0.05) is 34.3 Å².